The average molecular weight is 601 g/mol. The Morgan fingerprint density at radius 3 is 2.51 bits per heavy atom. The highest BCUT2D eigenvalue weighted by molar-refractivity contribution is 5.93. The van der Waals surface area contributed by atoms with E-state index in [0.717, 1.165) is 25.7 Å². The van der Waals surface area contributed by atoms with E-state index >= 15 is 0 Å². The zero-order valence-electron chi connectivity index (χ0n) is 25.8. The predicted octanol–water partition coefficient (Wildman–Crippen LogP) is 2.77. The summed E-state index contributed by atoms with van der Waals surface area (Å²) in [5.41, 5.74) is 3.65. The number of ether oxygens (including phenoxy) is 2. The molecule has 5 unspecified atom stereocenters. The van der Waals surface area contributed by atoms with Crippen LogP contribution in [0.1, 0.15) is 71.3 Å². The number of amides is 3. The molecule has 3 amide bonds. The number of fused-ring (bicyclic) bond motifs is 2. The SMILES string of the molecule is COC1CCC=CCCCCOC(=O)C2CCCN(N2)C(=O)C(Cc2cccc(O)c2)NC(=O)C(C(C)C)NC(=O)C1C. The molecule has 238 valence electrons. The van der Waals surface area contributed by atoms with E-state index in [1.807, 2.05) is 13.8 Å². The summed E-state index contributed by atoms with van der Waals surface area (Å²) in [6.45, 7) is 6.08. The van der Waals surface area contributed by atoms with E-state index in [9.17, 15) is 24.3 Å². The van der Waals surface area contributed by atoms with E-state index in [0.29, 0.717) is 38.0 Å². The Kier molecular flexibility index (Phi) is 13.5. The second kappa shape index (κ2) is 17.0. The minimum Gasteiger partial charge on any atom is -0.508 e. The molecular formula is C32H48N4O7. The number of allylic oxidation sites excluding steroid dienone is 2. The van der Waals surface area contributed by atoms with Crippen LogP contribution in [-0.2, 0) is 35.1 Å². The number of hydrazine groups is 1. The molecule has 2 aliphatic heterocycles. The van der Waals surface area contributed by atoms with Crippen molar-refractivity contribution in [1.29, 1.82) is 0 Å². The molecule has 5 atom stereocenters. The molecule has 1 fully saturated rings. The van der Waals surface area contributed by atoms with Crippen LogP contribution >= 0.6 is 0 Å². The molecule has 2 heterocycles. The van der Waals surface area contributed by atoms with Crippen molar-refractivity contribution < 1.29 is 33.8 Å². The normalized spacial score (nSPS) is 27.5. The van der Waals surface area contributed by atoms with Crippen molar-refractivity contribution in [2.75, 3.05) is 20.3 Å². The topological polar surface area (TPSA) is 146 Å². The van der Waals surface area contributed by atoms with Crippen molar-refractivity contribution in [3.8, 4) is 5.75 Å². The number of benzene rings is 1. The first-order valence-corrected chi connectivity index (χ1v) is 15.4. The molecule has 0 aromatic heterocycles. The number of hydrogen-bond acceptors (Lipinski definition) is 8. The third kappa shape index (κ3) is 10.4. The number of cyclic esters (lactones) is 1. The summed E-state index contributed by atoms with van der Waals surface area (Å²) in [5.74, 6) is -2.37. The Hall–Kier alpha value is -3.44. The summed E-state index contributed by atoms with van der Waals surface area (Å²) in [4.78, 5) is 53.6. The van der Waals surface area contributed by atoms with Gasteiger partial charge in [0.1, 0.15) is 23.9 Å². The third-order valence-electron chi connectivity index (χ3n) is 8.02. The third-order valence-corrected chi connectivity index (χ3v) is 8.02. The molecule has 0 aliphatic carbocycles. The number of methoxy groups -OCH3 is 1. The number of phenolic OH excluding ortho intramolecular Hbond substituents is 1. The lowest BCUT2D eigenvalue weighted by Gasteiger charge is -2.35. The number of nitrogens with one attached hydrogen (secondary N) is 3. The van der Waals surface area contributed by atoms with Crippen LogP contribution in [0.2, 0.25) is 0 Å². The highest BCUT2D eigenvalue weighted by Crippen LogP contribution is 2.18. The lowest BCUT2D eigenvalue weighted by molar-refractivity contribution is -0.153. The standard InChI is InChI=1S/C32H48N4O7/c1-21(2)28-30(39)33-26(20-23-13-11-14-24(37)19-23)31(40)36-17-12-15-25(35-36)32(41)43-18-10-8-6-5-7-9-16-27(42-4)22(3)29(38)34-28/h5,7,11,13-14,19,21-22,25-28,35,37H,6,8-10,12,15-18,20H2,1-4H3,(H,33,39)(H,34,38). The van der Waals surface area contributed by atoms with Crippen LogP contribution in [-0.4, -0.2) is 78.3 Å². The van der Waals surface area contributed by atoms with Crippen molar-refractivity contribution in [2.24, 2.45) is 11.8 Å². The number of hydrogen-bond donors (Lipinski definition) is 4. The van der Waals surface area contributed by atoms with Crippen molar-refractivity contribution in [2.45, 2.75) is 96.4 Å². The number of rotatable bonds is 4. The molecule has 1 aromatic carbocycles. The summed E-state index contributed by atoms with van der Waals surface area (Å²) in [5, 5.41) is 17.1. The minimum absolute atomic E-state index is 0.0399. The Morgan fingerprint density at radius 1 is 1.02 bits per heavy atom. The van der Waals surface area contributed by atoms with Crippen LogP contribution in [0.4, 0.5) is 0 Å². The van der Waals surface area contributed by atoms with Gasteiger partial charge in [0.05, 0.1) is 18.6 Å². The highest BCUT2D eigenvalue weighted by atomic mass is 16.5. The van der Waals surface area contributed by atoms with Crippen LogP contribution in [0.3, 0.4) is 0 Å². The van der Waals surface area contributed by atoms with E-state index in [-0.39, 0.29) is 30.1 Å². The summed E-state index contributed by atoms with van der Waals surface area (Å²) < 4.78 is 11.1. The molecule has 11 nitrogen and oxygen atoms in total. The first kappa shape index (κ1) is 34.1. The lowest BCUT2D eigenvalue weighted by Crippen LogP contribution is -2.62. The van der Waals surface area contributed by atoms with Gasteiger partial charge in [-0.1, -0.05) is 45.1 Å². The van der Waals surface area contributed by atoms with Crippen molar-refractivity contribution in [1.82, 2.24) is 21.1 Å². The molecule has 0 saturated carbocycles. The van der Waals surface area contributed by atoms with Gasteiger partial charge >= 0.3 is 5.97 Å². The Bertz CT molecular complexity index is 1120. The van der Waals surface area contributed by atoms with Gasteiger partial charge in [-0.05, 0) is 68.6 Å². The minimum atomic E-state index is -1.02. The quantitative estimate of drug-likeness (QED) is 0.305. The van der Waals surface area contributed by atoms with Gasteiger partial charge in [-0.3, -0.25) is 24.2 Å². The fourth-order valence-electron chi connectivity index (χ4n) is 5.38. The van der Waals surface area contributed by atoms with Crippen molar-refractivity contribution in [3.05, 3.63) is 42.0 Å². The first-order chi connectivity index (χ1) is 20.6. The largest absolute Gasteiger partial charge is 0.508 e. The number of carbonyl (C=O) groups is 4. The maximum absolute atomic E-state index is 13.8. The van der Waals surface area contributed by atoms with Gasteiger partial charge in [0.2, 0.25) is 11.8 Å². The molecule has 0 spiro atoms. The molecule has 11 heteroatoms. The molecule has 0 radical (unpaired) electrons. The number of esters is 1. The van der Waals surface area contributed by atoms with Gasteiger partial charge in [-0.25, -0.2) is 5.43 Å². The van der Waals surface area contributed by atoms with Gasteiger partial charge in [-0.2, -0.15) is 0 Å². The molecule has 1 saturated heterocycles. The average Bonchev–Trinajstić information content (AvgIpc) is 2.99. The van der Waals surface area contributed by atoms with E-state index in [4.69, 9.17) is 9.47 Å². The number of aromatic hydroxyl groups is 1. The maximum Gasteiger partial charge on any atom is 0.324 e. The molecule has 1 aromatic rings. The van der Waals surface area contributed by atoms with Crippen molar-refractivity contribution in [3.63, 3.8) is 0 Å². The second-order valence-electron chi connectivity index (χ2n) is 11.8. The van der Waals surface area contributed by atoms with Crippen LogP contribution in [0.5, 0.6) is 5.75 Å². The number of phenols is 1. The smallest absolute Gasteiger partial charge is 0.324 e. The van der Waals surface area contributed by atoms with E-state index < -0.39 is 41.8 Å². The van der Waals surface area contributed by atoms with Gasteiger partial charge in [0, 0.05) is 20.1 Å². The molecule has 43 heavy (non-hydrogen) atoms. The number of carbonyl (C=O) groups excluding carboxylic acids is 4. The summed E-state index contributed by atoms with van der Waals surface area (Å²) in [6, 6.07) is 3.89. The van der Waals surface area contributed by atoms with Gasteiger partial charge in [-0.15, -0.1) is 0 Å². The Morgan fingerprint density at radius 2 is 1.79 bits per heavy atom. The molecule has 2 aliphatic rings. The fourth-order valence-corrected chi connectivity index (χ4v) is 5.38. The highest BCUT2D eigenvalue weighted by Gasteiger charge is 2.36. The summed E-state index contributed by atoms with van der Waals surface area (Å²) in [7, 11) is 1.58. The van der Waals surface area contributed by atoms with Crippen LogP contribution in [0, 0.1) is 11.8 Å². The molecule has 3 rings (SSSR count). The van der Waals surface area contributed by atoms with Gasteiger partial charge in [0.15, 0.2) is 0 Å². The lowest BCUT2D eigenvalue weighted by atomic mass is 9.96. The monoisotopic (exact) mass is 600 g/mol. The maximum atomic E-state index is 13.8. The zero-order chi connectivity index (χ0) is 31.4. The zero-order valence-corrected chi connectivity index (χ0v) is 25.8. The van der Waals surface area contributed by atoms with E-state index in [2.05, 4.69) is 28.2 Å². The predicted molar refractivity (Wildman–Crippen MR) is 162 cm³/mol. The summed E-state index contributed by atoms with van der Waals surface area (Å²) in [6.07, 6.45) is 8.84. The van der Waals surface area contributed by atoms with E-state index in [1.165, 1.54) is 17.1 Å². The number of nitrogens with zero attached hydrogens (tertiary/aromatic N) is 1. The second-order valence-corrected chi connectivity index (χ2v) is 11.8. The van der Waals surface area contributed by atoms with Crippen LogP contribution in [0.15, 0.2) is 36.4 Å². The Balaban J connectivity index is 1.88. The Labute approximate surface area is 254 Å². The molecule has 4 N–H and O–H groups in total. The molecular weight excluding hydrogens is 552 g/mol. The first-order valence-electron chi connectivity index (χ1n) is 15.4. The van der Waals surface area contributed by atoms with Gasteiger partial charge in [0.25, 0.3) is 5.91 Å². The summed E-state index contributed by atoms with van der Waals surface area (Å²) >= 11 is 0. The van der Waals surface area contributed by atoms with Crippen LogP contribution in [0.25, 0.3) is 0 Å². The van der Waals surface area contributed by atoms with Gasteiger partial charge < -0.3 is 25.2 Å². The fraction of sp³-hybridized carbons (Fsp3) is 0.625. The van der Waals surface area contributed by atoms with E-state index in [1.54, 1.807) is 26.2 Å². The molecule has 2 bridgehead atoms. The van der Waals surface area contributed by atoms with Crippen LogP contribution < -0.4 is 16.1 Å². The van der Waals surface area contributed by atoms with Crippen molar-refractivity contribution >= 4 is 23.7 Å².